The van der Waals surface area contributed by atoms with Gasteiger partial charge in [0.1, 0.15) is 5.78 Å². The molecule has 8 unspecified atom stereocenters. The number of carbonyl (C=O) groups excluding carboxylic acids is 4. The first-order valence-corrected chi connectivity index (χ1v) is 43.6. The van der Waals surface area contributed by atoms with Crippen molar-refractivity contribution in [1.82, 2.24) is 16.0 Å². The van der Waals surface area contributed by atoms with E-state index in [1.54, 1.807) is 0 Å². The van der Waals surface area contributed by atoms with E-state index in [1.807, 2.05) is 0 Å². The van der Waals surface area contributed by atoms with E-state index < -0.39 is 24.4 Å². The fraction of sp³-hybridized carbons (Fsp3) is 0.953. The number of ketones is 1. The van der Waals surface area contributed by atoms with Gasteiger partial charge in [0.25, 0.3) is 0 Å². The lowest BCUT2D eigenvalue weighted by molar-refractivity contribution is -0.125. The maximum absolute atomic E-state index is 13.6. The van der Waals surface area contributed by atoms with E-state index in [1.165, 1.54) is 161 Å². The molecule has 3 amide bonds. The van der Waals surface area contributed by atoms with Gasteiger partial charge in [-0.15, -0.1) is 0 Å². The Morgan fingerprint density at radius 3 is 0.878 bits per heavy atom. The summed E-state index contributed by atoms with van der Waals surface area (Å²) in [5.74, 6) is 4.40. The number of amides is 3. The molecule has 0 heterocycles. The summed E-state index contributed by atoms with van der Waals surface area (Å²) in [6, 6.07) is 0.161. The highest BCUT2D eigenvalue weighted by Gasteiger charge is 2.36. The lowest BCUT2D eigenvalue weighted by Gasteiger charge is -2.42. The molecule has 3 saturated carbocycles. The Morgan fingerprint density at radius 1 is 0.296 bits per heavy atom. The SMILES string of the molecule is CCCCCCCCC1CC(CCCCCCC(=O)C[C@@H]2CCCC[C@@H]2NC(=O)CCCCCCCCCC(O)C(O)CCCCCCC)C(CCCCCCC(=O)N[C@H]2CCCC[C@H]2NC(=O)CCCCCCCCCC(O)C(O)CCCCCCO)CC1CCCCCCCC. The van der Waals surface area contributed by atoms with Crippen LogP contribution in [0.3, 0.4) is 0 Å². The van der Waals surface area contributed by atoms with Gasteiger partial charge in [0, 0.05) is 56.8 Å². The molecule has 0 bridgehead atoms. The minimum atomic E-state index is -0.655. The summed E-state index contributed by atoms with van der Waals surface area (Å²) in [5, 5.41) is 60.4. The van der Waals surface area contributed by atoms with Crippen LogP contribution in [0.2, 0.25) is 0 Å². The van der Waals surface area contributed by atoms with Crippen LogP contribution in [0.5, 0.6) is 0 Å². The van der Waals surface area contributed by atoms with Crippen LogP contribution < -0.4 is 16.0 Å². The molecule has 3 aliphatic carbocycles. The number of carbonyl (C=O) groups is 4. The van der Waals surface area contributed by atoms with Crippen LogP contribution in [-0.2, 0) is 19.2 Å². The van der Waals surface area contributed by atoms with Crippen LogP contribution in [0.1, 0.15) is 445 Å². The van der Waals surface area contributed by atoms with Gasteiger partial charge in [0.05, 0.1) is 24.4 Å². The highest BCUT2D eigenvalue weighted by molar-refractivity contribution is 5.79. The highest BCUT2D eigenvalue weighted by Crippen LogP contribution is 2.47. The van der Waals surface area contributed by atoms with E-state index in [9.17, 15) is 39.6 Å². The van der Waals surface area contributed by atoms with Crippen LogP contribution in [0, 0.1) is 29.6 Å². The van der Waals surface area contributed by atoms with Crippen molar-refractivity contribution in [2.45, 2.75) is 487 Å². The van der Waals surface area contributed by atoms with Crippen LogP contribution >= 0.6 is 0 Å². The Hall–Kier alpha value is -2.12. The van der Waals surface area contributed by atoms with Crippen molar-refractivity contribution in [1.29, 1.82) is 0 Å². The van der Waals surface area contributed by atoms with E-state index in [2.05, 4.69) is 36.7 Å². The first-order valence-electron chi connectivity index (χ1n) is 43.6. The van der Waals surface area contributed by atoms with Gasteiger partial charge in [-0.05, 0) is 126 Å². The average Bonchev–Trinajstić information content (AvgIpc) is 0.842. The van der Waals surface area contributed by atoms with Crippen LogP contribution in [-0.4, -0.2) is 98.2 Å². The van der Waals surface area contributed by atoms with Gasteiger partial charge in [-0.3, -0.25) is 19.2 Å². The second-order valence-corrected chi connectivity index (χ2v) is 32.6. The third-order valence-corrected chi connectivity index (χ3v) is 23.8. The number of aliphatic hydroxyl groups is 5. The van der Waals surface area contributed by atoms with Gasteiger partial charge in [0.2, 0.25) is 17.7 Å². The molecular weight excluding hydrogens is 1220 g/mol. The molecular formula is C86H163N3O9. The average molecular weight is 1380 g/mol. The van der Waals surface area contributed by atoms with Crippen molar-refractivity contribution in [3.63, 3.8) is 0 Å². The minimum absolute atomic E-state index is 0.0145. The van der Waals surface area contributed by atoms with E-state index in [0.717, 1.165) is 229 Å². The molecule has 0 aliphatic heterocycles. The van der Waals surface area contributed by atoms with Gasteiger partial charge >= 0.3 is 0 Å². The summed E-state index contributed by atoms with van der Waals surface area (Å²) < 4.78 is 0. The topological polar surface area (TPSA) is 206 Å². The number of hydrogen-bond acceptors (Lipinski definition) is 9. The monoisotopic (exact) mass is 1380 g/mol. The van der Waals surface area contributed by atoms with Gasteiger partial charge in [0.15, 0.2) is 0 Å². The number of nitrogens with one attached hydrogen (secondary N) is 3. The molecule has 0 radical (unpaired) electrons. The van der Waals surface area contributed by atoms with Gasteiger partial charge in [-0.2, -0.15) is 0 Å². The molecule has 3 aliphatic rings. The zero-order valence-corrected chi connectivity index (χ0v) is 64.7. The number of rotatable bonds is 67. The smallest absolute Gasteiger partial charge is 0.220 e. The number of unbranched alkanes of at least 4 members (excludes halogenated alkanes) is 35. The largest absolute Gasteiger partial charge is 0.396 e. The van der Waals surface area contributed by atoms with E-state index in [4.69, 9.17) is 5.11 Å². The zero-order valence-electron chi connectivity index (χ0n) is 64.7. The lowest BCUT2D eigenvalue weighted by Crippen LogP contribution is -2.53. The first-order chi connectivity index (χ1) is 47.9. The van der Waals surface area contributed by atoms with E-state index in [0.29, 0.717) is 63.6 Å². The summed E-state index contributed by atoms with van der Waals surface area (Å²) in [5.41, 5.74) is 0. The summed E-state index contributed by atoms with van der Waals surface area (Å²) in [6.07, 6.45) is 69.4. The standard InChI is InChI=1S/C86H163N3O9/c1-4-7-10-13-22-34-51-71-68-73(53-36-28-30-38-56-76(91)70-75-55-46-47-57-77(75)87-84(96)64-43-26-19-15-17-24-40-61-81(93)80(92)60-39-21-12-9-6-3)74(69-72(71)52-35-23-14-11-8-5-2)54-37-29-31-45-66-86(98)89-79-59-49-48-58-78(79)88-85(97)65-44-27-20-16-18-25-41-62-82(94)83(95)63-42-32-33-50-67-90/h71-75,77-83,90,92-95H,4-70H2,1-3H3,(H,87,96)(H,88,97)(H,89,98)/t71?,72?,73?,74?,75-,77-,78+,79-,80?,81?,82?,83?/m0/s1. The van der Waals surface area contributed by atoms with Gasteiger partial charge < -0.3 is 41.5 Å². The summed E-state index contributed by atoms with van der Waals surface area (Å²) in [4.78, 5) is 53.3. The first kappa shape index (κ1) is 90.1. The normalized spacial score (nSPS) is 21.8. The van der Waals surface area contributed by atoms with Crippen molar-refractivity contribution < 1.29 is 44.7 Å². The Morgan fingerprint density at radius 2 is 0.551 bits per heavy atom. The number of aliphatic hydroxyl groups excluding tert-OH is 5. The second-order valence-electron chi connectivity index (χ2n) is 32.6. The van der Waals surface area contributed by atoms with Crippen molar-refractivity contribution in [2.75, 3.05) is 6.61 Å². The Balaban J connectivity index is 1.38. The van der Waals surface area contributed by atoms with Crippen LogP contribution in [0.4, 0.5) is 0 Å². The molecule has 98 heavy (non-hydrogen) atoms. The maximum Gasteiger partial charge on any atom is 0.220 e. The quantitative estimate of drug-likeness (QED) is 0.0272. The minimum Gasteiger partial charge on any atom is -0.396 e. The molecule has 12 nitrogen and oxygen atoms in total. The van der Waals surface area contributed by atoms with Crippen molar-refractivity contribution in [3.05, 3.63) is 0 Å². The predicted octanol–water partition coefficient (Wildman–Crippen LogP) is 21.4. The summed E-state index contributed by atoms with van der Waals surface area (Å²) in [6.45, 7) is 7.06. The lowest BCUT2D eigenvalue weighted by atomic mass is 9.63. The molecule has 0 spiro atoms. The van der Waals surface area contributed by atoms with Crippen LogP contribution in [0.25, 0.3) is 0 Å². The van der Waals surface area contributed by atoms with Crippen LogP contribution in [0.15, 0.2) is 0 Å². The highest BCUT2D eigenvalue weighted by atomic mass is 16.3. The summed E-state index contributed by atoms with van der Waals surface area (Å²) in [7, 11) is 0. The Kier molecular flexibility index (Phi) is 57.2. The molecule has 3 rings (SSSR count). The predicted molar refractivity (Wildman–Crippen MR) is 411 cm³/mol. The van der Waals surface area contributed by atoms with Gasteiger partial charge in [-0.1, -0.05) is 316 Å². The van der Waals surface area contributed by atoms with Crippen molar-refractivity contribution in [3.8, 4) is 0 Å². The van der Waals surface area contributed by atoms with Crippen molar-refractivity contribution in [2.24, 2.45) is 29.6 Å². The zero-order chi connectivity index (χ0) is 70.7. The molecule has 0 aromatic heterocycles. The second kappa shape index (κ2) is 62.3. The molecule has 8 N–H and O–H groups in total. The van der Waals surface area contributed by atoms with Crippen molar-refractivity contribution >= 4 is 23.5 Å². The number of hydrogen-bond donors (Lipinski definition) is 8. The molecule has 576 valence electrons. The molecule has 0 saturated heterocycles. The fourth-order valence-electron chi connectivity index (χ4n) is 17.4. The third-order valence-electron chi connectivity index (χ3n) is 23.8. The molecule has 0 aromatic rings. The Labute approximate surface area is 604 Å². The van der Waals surface area contributed by atoms with E-state index >= 15 is 0 Å². The molecule has 0 aromatic carbocycles. The Bertz CT molecular complexity index is 1740. The molecule has 12 atom stereocenters. The summed E-state index contributed by atoms with van der Waals surface area (Å²) >= 11 is 0. The third kappa shape index (κ3) is 46.6. The maximum atomic E-state index is 13.6. The number of Topliss-reactive ketones (excluding diaryl/α,β-unsaturated/α-hetero) is 1. The fourth-order valence-corrected chi connectivity index (χ4v) is 17.4. The van der Waals surface area contributed by atoms with Gasteiger partial charge in [-0.25, -0.2) is 0 Å². The van der Waals surface area contributed by atoms with E-state index in [-0.39, 0.29) is 48.4 Å². The molecule has 12 heteroatoms. The molecule has 3 fully saturated rings.